The van der Waals surface area contributed by atoms with Crippen LogP contribution in [0.15, 0.2) is 42.5 Å². The van der Waals surface area contributed by atoms with Gasteiger partial charge in [0.05, 0.1) is 12.0 Å². The van der Waals surface area contributed by atoms with Gasteiger partial charge in [-0.05, 0) is 41.7 Å². The molecule has 120 valence electrons. The summed E-state index contributed by atoms with van der Waals surface area (Å²) in [5, 5.41) is 12.0. The monoisotopic (exact) mass is 311 g/mol. The van der Waals surface area contributed by atoms with E-state index in [1.807, 2.05) is 25.1 Å². The van der Waals surface area contributed by atoms with Gasteiger partial charge in [0.1, 0.15) is 0 Å². The SMILES string of the molecule is Cc1cccc(C(C)C)c1NC(=O)Cc1cccc(C(=O)O)c1. The van der Waals surface area contributed by atoms with Crippen molar-refractivity contribution in [2.45, 2.75) is 33.1 Å². The molecule has 0 aromatic heterocycles. The maximum absolute atomic E-state index is 12.3. The van der Waals surface area contributed by atoms with E-state index in [1.54, 1.807) is 12.1 Å². The molecule has 0 heterocycles. The van der Waals surface area contributed by atoms with Gasteiger partial charge in [-0.15, -0.1) is 0 Å². The standard InChI is InChI=1S/C19H21NO3/c1-12(2)16-9-4-6-13(3)18(16)20-17(21)11-14-7-5-8-15(10-14)19(22)23/h4-10,12H,11H2,1-3H3,(H,20,21)(H,22,23). The second-order valence-electron chi connectivity index (χ2n) is 5.92. The van der Waals surface area contributed by atoms with E-state index in [-0.39, 0.29) is 17.9 Å². The molecule has 23 heavy (non-hydrogen) atoms. The van der Waals surface area contributed by atoms with Crippen LogP contribution in [0.3, 0.4) is 0 Å². The Kier molecular flexibility index (Phi) is 5.16. The van der Waals surface area contributed by atoms with Crippen LogP contribution in [0.25, 0.3) is 0 Å². The molecule has 0 radical (unpaired) electrons. The Labute approximate surface area is 136 Å². The van der Waals surface area contributed by atoms with Crippen LogP contribution in [-0.2, 0) is 11.2 Å². The Morgan fingerprint density at radius 2 is 1.83 bits per heavy atom. The average Bonchev–Trinajstić information content (AvgIpc) is 2.49. The van der Waals surface area contributed by atoms with Gasteiger partial charge in [0, 0.05) is 5.69 Å². The van der Waals surface area contributed by atoms with E-state index in [4.69, 9.17) is 5.11 Å². The zero-order valence-corrected chi connectivity index (χ0v) is 13.6. The van der Waals surface area contributed by atoms with E-state index in [0.29, 0.717) is 11.5 Å². The average molecular weight is 311 g/mol. The summed E-state index contributed by atoms with van der Waals surface area (Å²) in [4.78, 5) is 23.3. The Balaban J connectivity index is 2.18. The lowest BCUT2D eigenvalue weighted by atomic mass is 9.98. The van der Waals surface area contributed by atoms with E-state index in [9.17, 15) is 9.59 Å². The number of anilines is 1. The smallest absolute Gasteiger partial charge is 0.335 e. The van der Waals surface area contributed by atoms with Gasteiger partial charge in [-0.3, -0.25) is 4.79 Å². The van der Waals surface area contributed by atoms with Gasteiger partial charge >= 0.3 is 5.97 Å². The number of carboxylic acid groups (broad SMARTS) is 1. The summed E-state index contributed by atoms with van der Waals surface area (Å²) in [6.45, 7) is 6.13. The molecule has 0 bridgehead atoms. The fourth-order valence-electron chi connectivity index (χ4n) is 2.53. The lowest BCUT2D eigenvalue weighted by Gasteiger charge is -2.16. The quantitative estimate of drug-likeness (QED) is 0.877. The van der Waals surface area contributed by atoms with Crippen LogP contribution in [0.1, 0.15) is 46.8 Å². The highest BCUT2D eigenvalue weighted by Gasteiger charge is 2.13. The molecule has 4 heteroatoms. The first-order valence-corrected chi connectivity index (χ1v) is 7.60. The molecule has 2 aromatic rings. The summed E-state index contributed by atoms with van der Waals surface area (Å²) in [6, 6.07) is 12.4. The van der Waals surface area contributed by atoms with Gasteiger partial charge in [-0.25, -0.2) is 4.79 Å². The molecule has 0 fully saturated rings. The summed E-state index contributed by atoms with van der Waals surface area (Å²) in [6.07, 6.45) is 0.146. The molecule has 2 rings (SSSR count). The summed E-state index contributed by atoms with van der Waals surface area (Å²) in [5.74, 6) is -0.836. The number of amides is 1. The second-order valence-corrected chi connectivity index (χ2v) is 5.92. The predicted octanol–water partition coefficient (Wildman–Crippen LogP) is 4.00. The van der Waals surface area contributed by atoms with E-state index in [0.717, 1.165) is 16.8 Å². The Hall–Kier alpha value is -2.62. The van der Waals surface area contributed by atoms with Crippen molar-refractivity contribution in [3.8, 4) is 0 Å². The number of benzene rings is 2. The van der Waals surface area contributed by atoms with E-state index < -0.39 is 5.97 Å². The van der Waals surface area contributed by atoms with Crippen LogP contribution in [0.2, 0.25) is 0 Å². The normalized spacial score (nSPS) is 10.6. The van der Waals surface area contributed by atoms with Crippen LogP contribution in [0.5, 0.6) is 0 Å². The first kappa shape index (κ1) is 16.7. The van der Waals surface area contributed by atoms with Crippen LogP contribution in [-0.4, -0.2) is 17.0 Å². The fraction of sp³-hybridized carbons (Fsp3) is 0.263. The van der Waals surface area contributed by atoms with Gasteiger partial charge in [-0.2, -0.15) is 0 Å². The molecular weight excluding hydrogens is 290 g/mol. The van der Waals surface area contributed by atoms with Crippen molar-refractivity contribution in [3.63, 3.8) is 0 Å². The Morgan fingerprint density at radius 3 is 2.48 bits per heavy atom. The lowest BCUT2D eigenvalue weighted by Crippen LogP contribution is -2.17. The molecule has 0 unspecified atom stereocenters. The summed E-state index contributed by atoms with van der Waals surface area (Å²) >= 11 is 0. The second kappa shape index (κ2) is 7.09. The number of hydrogen-bond donors (Lipinski definition) is 2. The van der Waals surface area contributed by atoms with Gasteiger partial charge in [0.25, 0.3) is 0 Å². The molecule has 0 saturated carbocycles. The topological polar surface area (TPSA) is 66.4 Å². The van der Waals surface area contributed by atoms with Crippen molar-refractivity contribution in [1.29, 1.82) is 0 Å². The summed E-state index contributed by atoms with van der Waals surface area (Å²) in [5.41, 5.74) is 3.83. The number of carboxylic acids is 1. The maximum Gasteiger partial charge on any atom is 0.335 e. The molecule has 2 aromatic carbocycles. The molecule has 0 saturated heterocycles. The van der Waals surface area contributed by atoms with Crippen molar-refractivity contribution < 1.29 is 14.7 Å². The third kappa shape index (κ3) is 4.19. The number of nitrogens with one attached hydrogen (secondary N) is 1. The van der Waals surface area contributed by atoms with Crippen LogP contribution in [0.4, 0.5) is 5.69 Å². The number of para-hydroxylation sites is 1. The molecule has 0 spiro atoms. The van der Waals surface area contributed by atoms with Crippen molar-refractivity contribution in [1.82, 2.24) is 0 Å². The molecule has 0 atom stereocenters. The van der Waals surface area contributed by atoms with Crippen LogP contribution in [0, 0.1) is 6.92 Å². The molecule has 2 N–H and O–H groups in total. The van der Waals surface area contributed by atoms with Gasteiger partial charge < -0.3 is 10.4 Å². The zero-order chi connectivity index (χ0) is 17.0. The number of aromatic carboxylic acids is 1. The highest BCUT2D eigenvalue weighted by molar-refractivity contribution is 5.94. The highest BCUT2D eigenvalue weighted by atomic mass is 16.4. The van der Waals surface area contributed by atoms with Crippen molar-refractivity contribution in [3.05, 3.63) is 64.7 Å². The van der Waals surface area contributed by atoms with E-state index in [1.165, 1.54) is 12.1 Å². The first-order chi connectivity index (χ1) is 10.9. The number of aryl methyl sites for hydroxylation is 1. The Morgan fingerprint density at radius 1 is 1.13 bits per heavy atom. The minimum atomic E-state index is -0.992. The van der Waals surface area contributed by atoms with Crippen molar-refractivity contribution in [2.24, 2.45) is 0 Å². The predicted molar refractivity (Wildman–Crippen MR) is 91.0 cm³/mol. The lowest BCUT2D eigenvalue weighted by molar-refractivity contribution is -0.115. The third-order valence-electron chi connectivity index (χ3n) is 3.73. The minimum Gasteiger partial charge on any atom is -0.478 e. The van der Waals surface area contributed by atoms with Gasteiger partial charge in [0.2, 0.25) is 5.91 Å². The molecular formula is C19H21NO3. The number of hydrogen-bond acceptors (Lipinski definition) is 2. The number of rotatable bonds is 5. The molecule has 0 aliphatic carbocycles. The number of carbonyl (C=O) groups is 2. The highest BCUT2D eigenvalue weighted by Crippen LogP contribution is 2.27. The van der Waals surface area contributed by atoms with E-state index >= 15 is 0 Å². The molecule has 0 aliphatic heterocycles. The molecule has 0 aliphatic rings. The van der Waals surface area contributed by atoms with Crippen LogP contribution < -0.4 is 5.32 Å². The van der Waals surface area contributed by atoms with Crippen LogP contribution >= 0.6 is 0 Å². The Bertz CT molecular complexity index is 735. The number of carbonyl (C=O) groups excluding carboxylic acids is 1. The zero-order valence-electron chi connectivity index (χ0n) is 13.6. The summed E-state index contributed by atoms with van der Waals surface area (Å²) < 4.78 is 0. The third-order valence-corrected chi connectivity index (χ3v) is 3.73. The molecule has 4 nitrogen and oxygen atoms in total. The van der Waals surface area contributed by atoms with Crippen molar-refractivity contribution in [2.75, 3.05) is 5.32 Å². The van der Waals surface area contributed by atoms with Crippen molar-refractivity contribution >= 4 is 17.6 Å². The van der Waals surface area contributed by atoms with Gasteiger partial charge in [-0.1, -0.05) is 44.2 Å². The largest absolute Gasteiger partial charge is 0.478 e. The molecule has 1 amide bonds. The van der Waals surface area contributed by atoms with E-state index in [2.05, 4.69) is 19.2 Å². The first-order valence-electron chi connectivity index (χ1n) is 7.60. The fourth-order valence-corrected chi connectivity index (χ4v) is 2.53. The minimum absolute atomic E-state index is 0.146. The van der Waals surface area contributed by atoms with Gasteiger partial charge in [0.15, 0.2) is 0 Å². The summed E-state index contributed by atoms with van der Waals surface area (Å²) in [7, 11) is 0. The maximum atomic E-state index is 12.3.